The van der Waals surface area contributed by atoms with Crippen LogP contribution in [0.4, 0.5) is 17.1 Å². The molecule has 6 rings (SSSR count). The molecule has 1 heterocycles. The normalized spacial score (nSPS) is 11.0. The second-order valence-electron chi connectivity index (χ2n) is 8.30. The van der Waals surface area contributed by atoms with Crippen LogP contribution in [0.15, 0.2) is 140 Å². The molecule has 4 heteroatoms. The minimum absolute atomic E-state index is 0.682. The predicted molar refractivity (Wildman–Crippen MR) is 144 cm³/mol. The van der Waals surface area contributed by atoms with E-state index >= 15 is 0 Å². The average Bonchev–Trinajstić information content (AvgIpc) is 3.31. The Bertz CT molecular complexity index is 1550. The summed E-state index contributed by atoms with van der Waals surface area (Å²) in [6.45, 7) is 0. The molecule has 0 unspecified atom stereocenters. The topological polar surface area (TPSA) is 12.1 Å². The van der Waals surface area contributed by atoms with E-state index in [0.29, 0.717) is 5.02 Å². The number of hydrogen-bond acceptors (Lipinski definition) is 1. The summed E-state index contributed by atoms with van der Waals surface area (Å²) in [5.41, 5.74) is 7.25. The molecule has 0 fully saturated rings. The van der Waals surface area contributed by atoms with Crippen LogP contribution in [0.5, 0.6) is 0 Å². The van der Waals surface area contributed by atoms with Gasteiger partial charge in [0.15, 0.2) is 16.7 Å². The molecule has 0 bridgehead atoms. The van der Waals surface area contributed by atoms with E-state index in [1.807, 2.05) is 42.5 Å². The van der Waals surface area contributed by atoms with E-state index in [1.54, 1.807) is 0 Å². The largest absolute Gasteiger partial charge is 0.309 e. The molecular weight excluding hydrogens is 450 g/mol. The van der Waals surface area contributed by atoms with Crippen LogP contribution in [-0.4, -0.2) is 4.57 Å². The zero-order valence-corrected chi connectivity index (χ0v) is 19.8. The fraction of sp³-hybridized carbons (Fsp3) is 0. The van der Waals surface area contributed by atoms with E-state index in [1.165, 1.54) is 0 Å². The standard InChI is InChI=1S/C31H23ClN3/c32-31-29(34-23-33(24-13-4-1-5-14-24)27-19-10-11-20-28(27)34)21-12-22-30(31)35(25-15-6-2-7-16-25)26-17-8-3-9-18-26/h1-23H/q+1. The van der Waals surface area contributed by atoms with Crippen LogP contribution < -0.4 is 9.47 Å². The molecule has 0 atom stereocenters. The number of aromatic nitrogens is 2. The highest BCUT2D eigenvalue weighted by Gasteiger charge is 2.24. The molecule has 0 aliphatic carbocycles. The molecule has 0 amide bonds. The molecule has 0 spiro atoms. The minimum atomic E-state index is 0.682. The Morgan fingerprint density at radius 2 is 1.14 bits per heavy atom. The summed E-state index contributed by atoms with van der Waals surface area (Å²) in [7, 11) is 0. The molecule has 0 N–H and O–H groups in total. The molecule has 0 aliphatic heterocycles. The van der Waals surface area contributed by atoms with Crippen LogP contribution in [0.3, 0.4) is 0 Å². The molecular formula is C31H23ClN3+. The lowest BCUT2D eigenvalue weighted by Gasteiger charge is -2.26. The molecule has 0 radical (unpaired) electrons. The second kappa shape index (κ2) is 9.13. The Hall–Kier alpha value is -4.34. The number of hydrogen-bond donors (Lipinski definition) is 0. The molecule has 6 aromatic rings. The van der Waals surface area contributed by atoms with Gasteiger partial charge >= 0.3 is 0 Å². The molecule has 5 aromatic carbocycles. The van der Waals surface area contributed by atoms with Gasteiger partial charge in [0.25, 0.3) is 6.33 Å². The Balaban J connectivity index is 1.56. The van der Waals surface area contributed by atoms with Crippen LogP contribution in [0, 0.1) is 0 Å². The van der Waals surface area contributed by atoms with Gasteiger partial charge < -0.3 is 4.90 Å². The number of imidazole rings is 1. The van der Waals surface area contributed by atoms with Gasteiger partial charge in [0, 0.05) is 11.4 Å². The van der Waals surface area contributed by atoms with E-state index in [4.69, 9.17) is 11.6 Å². The Kier molecular flexibility index (Phi) is 5.53. The fourth-order valence-electron chi connectivity index (χ4n) is 4.55. The first kappa shape index (κ1) is 21.2. The molecule has 35 heavy (non-hydrogen) atoms. The zero-order valence-electron chi connectivity index (χ0n) is 19.0. The third-order valence-corrected chi connectivity index (χ3v) is 6.54. The zero-order chi connectivity index (χ0) is 23.6. The van der Waals surface area contributed by atoms with Gasteiger partial charge in [-0.3, -0.25) is 0 Å². The number of anilines is 3. The van der Waals surface area contributed by atoms with E-state index in [0.717, 1.165) is 39.5 Å². The van der Waals surface area contributed by atoms with Crippen molar-refractivity contribution in [3.8, 4) is 11.4 Å². The van der Waals surface area contributed by atoms with Crippen molar-refractivity contribution < 1.29 is 4.57 Å². The predicted octanol–water partition coefficient (Wildman–Crippen LogP) is 8.03. The Morgan fingerprint density at radius 1 is 0.571 bits per heavy atom. The number of fused-ring (bicyclic) bond motifs is 1. The summed E-state index contributed by atoms with van der Waals surface area (Å²) in [5.74, 6) is 0. The highest BCUT2D eigenvalue weighted by Crippen LogP contribution is 2.40. The van der Waals surface area contributed by atoms with Crippen molar-refractivity contribution in [1.29, 1.82) is 0 Å². The van der Waals surface area contributed by atoms with E-state index in [2.05, 4.69) is 111 Å². The van der Waals surface area contributed by atoms with Crippen LogP contribution in [0.1, 0.15) is 0 Å². The van der Waals surface area contributed by atoms with Crippen molar-refractivity contribution in [2.75, 3.05) is 4.90 Å². The summed E-state index contributed by atoms with van der Waals surface area (Å²) in [6.07, 6.45) is 2.11. The Morgan fingerprint density at radius 3 is 1.80 bits per heavy atom. The van der Waals surface area contributed by atoms with Crippen molar-refractivity contribution in [2.45, 2.75) is 0 Å². The van der Waals surface area contributed by atoms with Crippen molar-refractivity contribution in [3.05, 3.63) is 145 Å². The van der Waals surface area contributed by atoms with Gasteiger partial charge in [-0.05, 0) is 60.7 Å². The maximum absolute atomic E-state index is 7.22. The first-order chi connectivity index (χ1) is 17.3. The third kappa shape index (κ3) is 3.86. The summed E-state index contributed by atoms with van der Waals surface area (Å²) in [4.78, 5) is 2.20. The van der Waals surface area contributed by atoms with Gasteiger partial charge in [0.1, 0.15) is 10.7 Å². The van der Waals surface area contributed by atoms with E-state index in [9.17, 15) is 0 Å². The number of para-hydroxylation sites is 5. The van der Waals surface area contributed by atoms with Gasteiger partial charge in [-0.2, -0.15) is 9.13 Å². The quantitative estimate of drug-likeness (QED) is 0.231. The average molecular weight is 473 g/mol. The summed E-state index contributed by atoms with van der Waals surface area (Å²) >= 11 is 7.22. The summed E-state index contributed by atoms with van der Waals surface area (Å²) in [5, 5.41) is 0.682. The maximum Gasteiger partial charge on any atom is 0.255 e. The maximum atomic E-state index is 7.22. The molecule has 168 valence electrons. The third-order valence-electron chi connectivity index (χ3n) is 6.15. The molecule has 0 saturated heterocycles. The first-order valence-corrected chi connectivity index (χ1v) is 12.0. The van der Waals surface area contributed by atoms with Gasteiger partial charge in [-0.15, -0.1) is 0 Å². The SMILES string of the molecule is Clc1c(N(c2ccccc2)c2ccccc2)cccc1-[n+]1cn(-c2ccccc2)c2ccccc21. The van der Waals surface area contributed by atoms with Crippen molar-refractivity contribution in [2.24, 2.45) is 0 Å². The van der Waals surface area contributed by atoms with Gasteiger partial charge in [-0.25, -0.2) is 0 Å². The fourth-order valence-corrected chi connectivity index (χ4v) is 4.85. The molecule has 0 saturated carbocycles. The Labute approximate surface area is 209 Å². The van der Waals surface area contributed by atoms with Gasteiger partial charge in [0.05, 0.1) is 5.69 Å². The monoisotopic (exact) mass is 472 g/mol. The van der Waals surface area contributed by atoms with Gasteiger partial charge in [0.2, 0.25) is 0 Å². The van der Waals surface area contributed by atoms with Crippen molar-refractivity contribution in [1.82, 2.24) is 4.57 Å². The minimum Gasteiger partial charge on any atom is -0.309 e. The summed E-state index contributed by atoms with van der Waals surface area (Å²) in [6, 6.07) is 45.6. The van der Waals surface area contributed by atoms with Gasteiger partial charge in [-0.1, -0.05) is 84.4 Å². The van der Waals surface area contributed by atoms with E-state index in [-0.39, 0.29) is 0 Å². The summed E-state index contributed by atoms with van der Waals surface area (Å²) < 4.78 is 4.37. The lowest BCUT2D eigenvalue weighted by atomic mass is 10.1. The number of halogens is 1. The lowest BCUT2D eigenvalue weighted by molar-refractivity contribution is -0.567. The number of benzene rings is 5. The van der Waals surface area contributed by atoms with Crippen LogP contribution in [0.25, 0.3) is 22.4 Å². The molecule has 1 aromatic heterocycles. The smallest absolute Gasteiger partial charge is 0.255 e. The highest BCUT2D eigenvalue weighted by atomic mass is 35.5. The van der Waals surface area contributed by atoms with E-state index < -0.39 is 0 Å². The molecule has 3 nitrogen and oxygen atoms in total. The lowest BCUT2D eigenvalue weighted by Crippen LogP contribution is -2.30. The second-order valence-corrected chi connectivity index (χ2v) is 8.67. The number of nitrogens with zero attached hydrogens (tertiary/aromatic N) is 3. The van der Waals surface area contributed by atoms with Crippen molar-refractivity contribution in [3.63, 3.8) is 0 Å². The van der Waals surface area contributed by atoms with Crippen LogP contribution in [0.2, 0.25) is 5.02 Å². The highest BCUT2D eigenvalue weighted by molar-refractivity contribution is 6.35. The van der Waals surface area contributed by atoms with Crippen LogP contribution in [-0.2, 0) is 0 Å². The molecule has 0 aliphatic rings. The number of rotatable bonds is 5. The van der Waals surface area contributed by atoms with Crippen molar-refractivity contribution >= 4 is 39.7 Å². The first-order valence-electron chi connectivity index (χ1n) is 11.6. The van der Waals surface area contributed by atoms with Crippen LogP contribution >= 0.6 is 11.6 Å².